The summed E-state index contributed by atoms with van der Waals surface area (Å²) in [5.74, 6) is -0.0370. The molecule has 12 heteroatoms. The molecule has 0 unspecified atom stereocenters. The third-order valence-electron chi connectivity index (χ3n) is 6.75. The van der Waals surface area contributed by atoms with Gasteiger partial charge in [-0.15, -0.1) is 0 Å². The molecule has 11 nitrogen and oxygen atoms in total. The summed E-state index contributed by atoms with van der Waals surface area (Å²) in [6.45, 7) is 2.04. The minimum atomic E-state index is -0.745. The van der Waals surface area contributed by atoms with Gasteiger partial charge in [0.25, 0.3) is 5.91 Å². The van der Waals surface area contributed by atoms with Gasteiger partial charge in [0.1, 0.15) is 16.4 Å². The highest BCUT2D eigenvalue weighted by molar-refractivity contribution is 7.22. The molecule has 204 valence electrons. The van der Waals surface area contributed by atoms with Crippen molar-refractivity contribution in [3.63, 3.8) is 0 Å². The lowest BCUT2D eigenvalue weighted by atomic mass is 10.1. The Hall–Kier alpha value is -4.06. The second kappa shape index (κ2) is 12.2. The van der Waals surface area contributed by atoms with E-state index in [1.54, 1.807) is 48.4 Å². The van der Waals surface area contributed by atoms with Crippen molar-refractivity contribution in [2.24, 2.45) is 4.99 Å². The molecular weight excluding hydrogens is 518 g/mol. The summed E-state index contributed by atoms with van der Waals surface area (Å²) in [6.07, 6.45) is 4.07. The van der Waals surface area contributed by atoms with E-state index in [2.05, 4.69) is 25.6 Å². The van der Waals surface area contributed by atoms with Gasteiger partial charge in [-0.25, -0.2) is 15.0 Å². The zero-order chi connectivity index (χ0) is 27.2. The number of carbonyl (C=O) groups is 3. The number of anilines is 1. The van der Waals surface area contributed by atoms with E-state index in [0.717, 1.165) is 38.8 Å². The predicted octanol–water partition coefficient (Wildman–Crippen LogP) is 2.90. The van der Waals surface area contributed by atoms with E-state index in [9.17, 15) is 14.4 Å². The second-order valence-electron chi connectivity index (χ2n) is 9.48. The normalized spacial score (nSPS) is 18.2. The maximum Gasteiger partial charge on any atom is 0.257 e. The molecule has 0 bridgehead atoms. The topological polar surface area (TPSA) is 129 Å². The fourth-order valence-corrected chi connectivity index (χ4v) is 5.51. The number of aromatic nitrogens is 2. The number of nitrogens with one attached hydrogen (secondary N) is 2. The van der Waals surface area contributed by atoms with E-state index in [1.165, 1.54) is 11.3 Å². The van der Waals surface area contributed by atoms with Gasteiger partial charge in [-0.3, -0.25) is 19.7 Å². The Morgan fingerprint density at radius 3 is 2.59 bits per heavy atom. The third kappa shape index (κ3) is 6.51. The average Bonchev–Trinajstić information content (AvgIpc) is 3.60. The van der Waals surface area contributed by atoms with Crippen molar-refractivity contribution in [3.8, 4) is 5.88 Å². The molecule has 5 rings (SSSR count). The molecule has 4 heterocycles. The number of amides is 3. The van der Waals surface area contributed by atoms with E-state index in [4.69, 9.17) is 4.74 Å². The highest BCUT2D eigenvalue weighted by atomic mass is 32.1. The van der Waals surface area contributed by atoms with E-state index < -0.39 is 6.04 Å². The van der Waals surface area contributed by atoms with Crippen LogP contribution in [0.3, 0.4) is 0 Å². The Morgan fingerprint density at radius 2 is 1.82 bits per heavy atom. The van der Waals surface area contributed by atoms with Gasteiger partial charge in [-0.1, -0.05) is 29.5 Å². The summed E-state index contributed by atoms with van der Waals surface area (Å²) in [4.78, 5) is 57.0. The van der Waals surface area contributed by atoms with Crippen molar-refractivity contribution < 1.29 is 19.1 Å². The van der Waals surface area contributed by atoms with Gasteiger partial charge in [-0.2, -0.15) is 0 Å². The zero-order valence-corrected chi connectivity index (χ0v) is 22.6. The Kier molecular flexibility index (Phi) is 8.30. The van der Waals surface area contributed by atoms with Gasteiger partial charge < -0.3 is 19.9 Å². The van der Waals surface area contributed by atoms with Gasteiger partial charge in [0.2, 0.25) is 23.7 Å². The number of ether oxygens (including phenoxy) is 1. The number of aliphatic imine (C=N–C) groups is 1. The summed E-state index contributed by atoms with van der Waals surface area (Å²) in [5, 5.41) is 6.37. The van der Waals surface area contributed by atoms with Crippen molar-refractivity contribution in [1.82, 2.24) is 25.1 Å². The van der Waals surface area contributed by atoms with Gasteiger partial charge in [-0.05, 0) is 50.3 Å². The van der Waals surface area contributed by atoms with Crippen LogP contribution in [0.25, 0.3) is 10.3 Å². The van der Waals surface area contributed by atoms with Gasteiger partial charge in [0.15, 0.2) is 5.13 Å². The van der Waals surface area contributed by atoms with E-state index in [1.807, 2.05) is 11.0 Å². The fourth-order valence-electron chi connectivity index (χ4n) is 4.68. The Bertz CT molecular complexity index is 1370. The van der Waals surface area contributed by atoms with Crippen molar-refractivity contribution in [2.45, 2.75) is 38.1 Å². The van der Waals surface area contributed by atoms with Crippen LogP contribution in [-0.2, 0) is 9.59 Å². The van der Waals surface area contributed by atoms with Crippen molar-refractivity contribution in [2.75, 3.05) is 38.6 Å². The van der Waals surface area contributed by atoms with Crippen molar-refractivity contribution in [3.05, 3.63) is 48.0 Å². The number of hydrogen-bond acceptors (Lipinski definition) is 8. The SMILES string of the molecule is COc1ccc2nc(NC(=N[C@H]3CCCCN(CC(=O)N4CCCC4)C3=O)NC(=O)c3ccccc3)sc2n1. The summed E-state index contributed by atoms with van der Waals surface area (Å²) in [6, 6.07) is 11.5. The minimum absolute atomic E-state index is 0.0291. The molecule has 0 saturated carbocycles. The molecule has 3 aromatic rings. The van der Waals surface area contributed by atoms with Crippen LogP contribution in [0.5, 0.6) is 5.88 Å². The number of nitrogens with zero attached hydrogens (tertiary/aromatic N) is 5. The first-order chi connectivity index (χ1) is 19.0. The van der Waals surface area contributed by atoms with E-state index in [-0.39, 0.29) is 30.2 Å². The highest BCUT2D eigenvalue weighted by Crippen LogP contribution is 2.26. The lowest BCUT2D eigenvalue weighted by Gasteiger charge is -2.25. The minimum Gasteiger partial charge on any atom is -0.481 e. The van der Waals surface area contributed by atoms with Crippen LogP contribution in [0.2, 0.25) is 0 Å². The molecule has 2 N–H and O–H groups in total. The highest BCUT2D eigenvalue weighted by Gasteiger charge is 2.30. The Balaban J connectivity index is 1.39. The first kappa shape index (κ1) is 26.5. The predicted molar refractivity (Wildman–Crippen MR) is 149 cm³/mol. The summed E-state index contributed by atoms with van der Waals surface area (Å²) >= 11 is 1.28. The fraction of sp³-hybridized carbons (Fsp3) is 0.407. The van der Waals surface area contributed by atoms with Crippen LogP contribution in [0.4, 0.5) is 5.13 Å². The molecule has 2 saturated heterocycles. The van der Waals surface area contributed by atoms with Gasteiger partial charge >= 0.3 is 0 Å². The van der Waals surface area contributed by atoms with Crippen molar-refractivity contribution in [1.29, 1.82) is 0 Å². The number of rotatable bonds is 6. The van der Waals surface area contributed by atoms with E-state index in [0.29, 0.717) is 39.9 Å². The molecule has 0 radical (unpaired) electrons. The maximum absolute atomic E-state index is 13.5. The number of pyridine rings is 1. The van der Waals surface area contributed by atoms with Crippen molar-refractivity contribution >= 4 is 50.5 Å². The number of hydrogen-bond donors (Lipinski definition) is 2. The average molecular weight is 550 g/mol. The number of thiazole rings is 1. The number of guanidine groups is 1. The summed E-state index contributed by atoms with van der Waals surface area (Å²) in [5.41, 5.74) is 1.11. The largest absolute Gasteiger partial charge is 0.481 e. The quantitative estimate of drug-likeness (QED) is 0.357. The molecule has 0 aliphatic carbocycles. The molecule has 1 atom stereocenters. The van der Waals surface area contributed by atoms with Crippen LogP contribution in [0, 0.1) is 0 Å². The number of likely N-dealkylation sites (tertiary alicyclic amines) is 2. The zero-order valence-electron chi connectivity index (χ0n) is 21.8. The second-order valence-corrected chi connectivity index (χ2v) is 10.5. The van der Waals surface area contributed by atoms with Gasteiger partial charge in [0, 0.05) is 31.3 Å². The molecule has 39 heavy (non-hydrogen) atoms. The first-order valence-corrected chi connectivity index (χ1v) is 13.9. The van der Waals surface area contributed by atoms with E-state index >= 15 is 0 Å². The molecule has 1 aromatic carbocycles. The Morgan fingerprint density at radius 1 is 1.05 bits per heavy atom. The van der Waals surface area contributed by atoms with Crippen LogP contribution in [-0.4, -0.2) is 82.8 Å². The standard InChI is InChI=1S/C27H31N7O4S/c1-38-21-13-12-19-24(30-21)39-27(29-19)32-26(31-23(36)18-9-3-2-4-10-18)28-20-11-5-6-16-34(25(20)37)17-22(35)33-14-7-8-15-33/h2-4,9-10,12-13,20H,5-8,11,14-17H2,1H3,(H2,28,29,31,32,36)/t20-/m0/s1. The van der Waals surface area contributed by atoms with Crippen LogP contribution < -0.4 is 15.4 Å². The smallest absolute Gasteiger partial charge is 0.257 e. The lowest BCUT2D eigenvalue weighted by molar-refractivity contribution is -0.140. The molecule has 0 spiro atoms. The first-order valence-electron chi connectivity index (χ1n) is 13.1. The molecule has 2 aliphatic heterocycles. The number of methoxy groups -OCH3 is 1. The number of carbonyl (C=O) groups excluding carboxylic acids is 3. The van der Waals surface area contributed by atoms with Gasteiger partial charge in [0.05, 0.1) is 13.7 Å². The molecule has 2 fully saturated rings. The monoisotopic (exact) mass is 549 g/mol. The van der Waals surface area contributed by atoms with Crippen LogP contribution >= 0.6 is 11.3 Å². The summed E-state index contributed by atoms with van der Waals surface area (Å²) in [7, 11) is 1.55. The molecular formula is C27H31N7O4S. The van der Waals surface area contributed by atoms with Crippen LogP contribution in [0.15, 0.2) is 47.5 Å². The number of benzene rings is 1. The summed E-state index contributed by atoms with van der Waals surface area (Å²) < 4.78 is 5.21. The van der Waals surface area contributed by atoms with Crippen LogP contribution in [0.1, 0.15) is 42.5 Å². The maximum atomic E-state index is 13.5. The molecule has 2 aromatic heterocycles. The molecule has 2 aliphatic rings. The third-order valence-corrected chi connectivity index (χ3v) is 7.63. The number of fused-ring (bicyclic) bond motifs is 1. The lowest BCUT2D eigenvalue weighted by Crippen LogP contribution is -2.45. The Labute approximate surface area is 230 Å². The molecule has 3 amide bonds.